The van der Waals surface area contributed by atoms with E-state index in [9.17, 15) is 0 Å². The fourth-order valence-electron chi connectivity index (χ4n) is 3.88. The normalized spacial score (nSPS) is 26.5. The van der Waals surface area contributed by atoms with Crippen LogP contribution >= 0.6 is 23.5 Å². The van der Waals surface area contributed by atoms with E-state index in [-0.39, 0.29) is 0 Å². The molecule has 23 heavy (non-hydrogen) atoms. The Hall–Kier alpha value is -0.910. The third-order valence-corrected chi connectivity index (χ3v) is 6.75. The number of benzene rings is 1. The van der Waals surface area contributed by atoms with Crippen LogP contribution in [0, 0.1) is 5.92 Å². The second kappa shape index (κ2) is 7.32. The molecule has 1 aromatic carbocycles. The molecule has 2 aromatic rings. The van der Waals surface area contributed by atoms with Crippen molar-refractivity contribution in [2.45, 2.75) is 36.6 Å². The van der Waals surface area contributed by atoms with Crippen LogP contribution in [-0.4, -0.2) is 39.0 Å². The topological polar surface area (TPSA) is 29.0 Å². The van der Waals surface area contributed by atoms with E-state index >= 15 is 0 Å². The summed E-state index contributed by atoms with van der Waals surface area (Å²) in [6.45, 7) is 3.80. The Morgan fingerprint density at radius 1 is 1.17 bits per heavy atom. The van der Waals surface area contributed by atoms with Gasteiger partial charge in [0, 0.05) is 19.0 Å². The lowest BCUT2D eigenvalue weighted by atomic mass is 9.89. The average molecular weight is 346 g/mol. The van der Waals surface area contributed by atoms with Gasteiger partial charge >= 0.3 is 0 Å². The Labute approximate surface area is 146 Å². The predicted molar refractivity (Wildman–Crippen MR) is 97.3 cm³/mol. The van der Waals surface area contributed by atoms with Gasteiger partial charge in [0.2, 0.25) is 0 Å². The monoisotopic (exact) mass is 345 g/mol. The highest BCUT2D eigenvalue weighted by atomic mass is 32.2. The van der Waals surface area contributed by atoms with Crippen LogP contribution in [0.15, 0.2) is 35.4 Å². The highest BCUT2D eigenvalue weighted by molar-refractivity contribution is 7.99. The maximum Gasteiger partial charge on any atom is 0.134 e. The number of aryl methyl sites for hydroxylation is 1. The zero-order valence-corrected chi connectivity index (χ0v) is 15.0. The van der Waals surface area contributed by atoms with Crippen LogP contribution in [0.1, 0.15) is 36.4 Å². The quantitative estimate of drug-likeness (QED) is 0.583. The fraction of sp³-hybridized carbons (Fsp3) is 0.556. The zero-order chi connectivity index (χ0) is 15.5. The van der Waals surface area contributed by atoms with E-state index in [2.05, 4.69) is 44.0 Å². The van der Waals surface area contributed by atoms with E-state index < -0.39 is 0 Å². The summed E-state index contributed by atoms with van der Waals surface area (Å²) < 4.78 is 9.24. The molecule has 5 heteroatoms. The van der Waals surface area contributed by atoms with Gasteiger partial charge in [-0.25, -0.2) is 0 Å². The second-order valence-electron chi connectivity index (χ2n) is 6.74. The maximum absolute atomic E-state index is 4.66. The summed E-state index contributed by atoms with van der Waals surface area (Å²) in [7, 11) is 0. The van der Waals surface area contributed by atoms with Crippen molar-refractivity contribution in [1.29, 1.82) is 0 Å². The van der Waals surface area contributed by atoms with Crippen LogP contribution in [0.4, 0.5) is 0 Å². The lowest BCUT2D eigenvalue weighted by molar-refractivity contribution is 0.240. The number of rotatable bonds is 6. The number of hydrogen-bond donors (Lipinski definition) is 0. The van der Waals surface area contributed by atoms with Crippen molar-refractivity contribution in [3.8, 4) is 0 Å². The SMILES string of the molecule is c1ccc(CCCSc2nsnc2C2CC3CCN(C3)C2)cc1. The summed E-state index contributed by atoms with van der Waals surface area (Å²) in [5.74, 6) is 2.64. The molecule has 3 heterocycles. The number of piperidine rings is 1. The molecular weight excluding hydrogens is 322 g/mol. The van der Waals surface area contributed by atoms with E-state index in [4.69, 9.17) is 0 Å². The van der Waals surface area contributed by atoms with E-state index in [1.54, 1.807) is 0 Å². The molecule has 2 saturated heterocycles. The van der Waals surface area contributed by atoms with E-state index in [0.29, 0.717) is 5.92 Å². The minimum absolute atomic E-state index is 0.617. The van der Waals surface area contributed by atoms with Gasteiger partial charge in [-0.15, -0.1) is 11.8 Å². The Balaban J connectivity index is 1.31. The first kappa shape index (κ1) is 15.6. The molecule has 2 aliphatic heterocycles. The molecule has 2 fully saturated rings. The lowest BCUT2D eigenvalue weighted by Gasteiger charge is -2.29. The van der Waals surface area contributed by atoms with Crippen LogP contribution in [0.3, 0.4) is 0 Å². The van der Waals surface area contributed by atoms with Crippen LogP contribution in [0.2, 0.25) is 0 Å². The smallest absolute Gasteiger partial charge is 0.134 e. The molecule has 0 saturated carbocycles. The minimum atomic E-state index is 0.617. The molecule has 0 aliphatic carbocycles. The molecule has 122 valence electrons. The molecule has 2 bridgehead atoms. The van der Waals surface area contributed by atoms with Crippen LogP contribution < -0.4 is 0 Å². The second-order valence-corrected chi connectivity index (χ2v) is 8.35. The number of nitrogens with zero attached hydrogens (tertiary/aromatic N) is 3. The number of hydrogen-bond acceptors (Lipinski definition) is 5. The molecule has 3 unspecified atom stereocenters. The molecule has 0 N–H and O–H groups in total. The molecule has 3 atom stereocenters. The first-order valence-corrected chi connectivity index (χ1v) is 10.3. The van der Waals surface area contributed by atoms with Gasteiger partial charge in [0.1, 0.15) is 5.03 Å². The van der Waals surface area contributed by atoms with Crippen molar-refractivity contribution in [3.05, 3.63) is 41.6 Å². The van der Waals surface area contributed by atoms with Crippen LogP contribution in [-0.2, 0) is 6.42 Å². The standard InChI is InChI=1S/C18H23N3S2/c1-2-5-14(6-3-1)7-4-10-22-18-17(19-23-20-18)16-11-15-8-9-21(12-15)13-16/h1-3,5-6,15-16H,4,7-13H2. The van der Waals surface area contributed by atoms with E-state index in [1.165, 1.54) is 66.9 Å². The molecule has 0 amide bonds. The molecular formula is C18H23N3S2. The van der Waals surface area contributed by atoms with Crippen molar-refractivity contribution >= 4 is 23.5 Å². The summed E-state index contributed by atoms with van der Waals surface area (Å²) in [4.78, 5) is 2.61. The summed E-state index contributed by atoms with van der Waals surface area (Å²) in [5.41, 5.74) is 2.72. The molecule has 3 nitrogen and oxygen atoms in total. The van der Waals surface area contributed by atoms with E-state index in [0.717, 1.165) is 18.1 Å². The Bertz CT molecular complexity index is 616. The van der Waals surface area contributed by atoms with Gasteiger partial charge in [0.05, 0.1) is 17.4 Å². The number of thioether (sulfide) groups is 1. The van der Waals surface area contributed by atoms with Crippen molar-refractivity contribution in [1.82, 2.24) is 13.6 Å². The van der Waals surface area contributed by atoms with Gasteiger partial charge in [-0.3, -0.25) is 0 Å². The summed E-state index contributed by atoms with van der Waals surface area (Å²) in [6.07, 6.45) is 5.05. The number of aromatic nitrogens is 2. The van der Waals surface area contributed by atoms with Gasteiger partial charge in [0.15, 0.2) is 0 Å². The maximum atomic E-state index is 4.66. The van der Waals surface area contributed by atoms with Gasteiger partial charge in [-0.1, -0.05) is 30.3 Å². The minimum Gasteiger partial charge on any atom is -0.302 e. The predicted octanol–water partition coefficient (Wildman–Crippen LogP) is 4.07. The zero-order valence-electron chi connectivity index (χ0n) is 13.4. The summed E-state index contributed by atoms with van der Waals surface area (Å²) in [5, 5.41) is 1.20. The van der Waals surface area contributed by atoms with Gasteiger partial charge in [0.25, 0.3) is 0 Å². The Kier molecular flexibility index (Phi) is 4.97. The number of fused-ring (bicyclic) bond motifs is 2. The van der Waals surface area contributed by atoms with Crippen molar-refractivity contribution < 1.29 is 0 Å². The van der Waals surface area contributed by atoms with Crippen molar-refractivity contribution in [2.24, 2.45) is 5.92 Å². The molecule has 1 aromatic heterocycles. The van der Waals surface area contributed by atoms with Gasteiger partial charge in [-0.2, -0.15) is 8.75 Å². The van der Waals surface area contributed by atoms with E-state index in [1.807, 2.05) is 11.8 Å². The largest absolute Gasteiger partial charge is 0.302 e. The van der Waals surface area contributed by atoms with Crippen LogP contribution in [0.25, 0.3) is 0 Å². The molecule has 0 radical (unpaired) electrons. The average Bonchev–Trinajstić information content (AvgIpc) is 3.19. The highest BCUT2D eigenvalue weighted by Crippen LogP contribution is 2.38. The van der Waals surface area contributed by atoms with Gasteiger partial charge in [-0.05, 0) is 49.5 Å². The first-order chi connectivity index (χ1) is 11.4. The third kappa shape index (κ3) is 3.78. The Morgan fingerprint density at radius 3 is 2.96 bits per heavy atom. The van der Waals surface area contributed by atoms with Crippen molar-refractivity contribution in [3.63, 3.8) is 0 Å². The molecule has 4 rings (SSSR count). The lowest BCUT2D eigenvalue weighted by Crippen LogP contribution is -2.32. The highest BCUT2D eigenvalue weighted by Gasteiger charge is 2.35. The molecule has 2 aliphatic rings. The summed E-state index contributed by atoms with van der Waals surface area (Å²) in [6, 6.07) is 10.8. The fourth-order valence-corrected chi connectivity index (χ4v) is 5.63. The third-order valence-electron chi connectivity index (χ3n) is 5.03. The summed E-state index contributed by atoms with van der Waals surface area (Å²) >= 11 is 3.31. The molecule has 0 spiro atoms. The van der Waals surface area contributed by atoms with Crippen molar-refractivity contribution in [2.75, 3.05) is 25.4 Å². The van der Waals surface area contributed by atoms with Gasteiger partial charge < -0.3 is 4.90 Å². The first-order valence-electron chi connectivity index (χ1n) is 8.60. The Morgan fingerprint density at radius 2 is 2.09 bits per heavy atom. The van der Waals surface area contributed by atoms with Crippen LogP contribution in [0.5, 0.6) is 0 Å².